The van der Waals surface area contributed by atoms with Crippen LogP contribution in [0.25, 0.3) is 0 Å². The Morgan fingerprint density at radius 3 is 2.65 bits per heavy atom. The molecule has 2 aromatic rings. The summed E-state index contributed by atoms with van der Waals surface area (Å²) in [5, 5.41) is 9.63. The molecule has 0 aromatic carbocycles. The summed E-state index contributed by atoms with van der Waals surface area (Å²) in [5.41, 5.74) is -0.120. The van der Waals surface area contributed by atoms with Gasteiger partial charge in [0.05, 0.1) is 23.5 Å². The van der Waals surface area contributed by atoms with Crippen LogP contribution in [0.4, 0.5) is 13.2 Å². The van der Waals surface area contributed by atoms with E-state index in [1.165, 1.54) is 6.92 Å². The van der Waals surface area contributed by atoms with E-state index in [0.29, 0.717) is 6.54 Å². The molecule has 0 radical (unpaired) electrons. The van der Waals surface area contributed by atoms with Crippen LogP contribution < -0.4 is 5.32 Å². The van der Waals surface area contributed by atoms with E-state index >= 15 is 0 Å². The van der Waals surface area contributed by atoms with Crippen molar-refractivity contribution in [2.75, 3.05) is 0 Å². The molecule has 126 valence electrons. The Kier molecular flexibility index (Phi) is 4.98. The van der Waals surface area contributed by atoms with Gasteiger partial charge in [-0.1, -0.05) is 11.6 Å². The molecule has 1 amide bonds. The van der Waals surface area contributed by atoms with Gasteiger partial charge in [0.25, 0.3) is 0 Å². The highest BCUT2D eigenvalue weighted by Gasteiger charge is 2.38. The van der Waals surface area contributed by atoms with Crippen LogP contribution in [0.1, 0.15) is 23.4 Å². The number of aryl methyl sites for hydroxylation is 2. The van der Waals surface area contributed by atoms with Crippen LogP contribution in [-0.2, 0) is 31.1 Å². The zero-order valence-corrected chi connectivity index (χ0v) is 13.2. The molecule has 10 heteroatoms. The number of amides is 1. The Bertz CT molecular complexity index is 707. The highest BCUT2D eigenvalue weighted by atomic mass is 35.5. The van der Waals surface area contributed by atoms with Gasteiger partial charge in [-0.2, -0.15) is 23.4 Å². The van der Waals surface area contributed by atoms with E-state index in [4.69, 9.17) is 11.6 Å². The summed E-state index contributed by atoms with van der Waals surface area (Å²) in [6.45, 7) is 1.75. The number of carbonyl (C=O) groups is 1. The summed E-state index contributed by atoms with van der Waals surface area (Å²) in [6, 6.07) is 0. The van der Waals surface area contributed by atoms with Crippen molar-refractivity contribution in [1.82, 2.24) is 24.9 Å². The summed E-state index contributed by atoms with van der Waals surface area (Å²) < 4.78 is 40.8. The van der Waals surface area contributed by atoms with E-state index in [1.807, 2.05) is 0 Å². The Morgan fingerprint density at radius 1 is 1.43 bits per heavy atom. The maximum absolute atomic E-state index is 12.7. The van der Waals surface area contributed by atoms with E-state index in [0.717, 1.165) is 10.2 Å². The molecule has 0 bridgehead atoms. The Labute approximate surface area is 135 Å². The lowest BCUT2D eigenvalue weighted by molar-refractivity contribution is -0.141. The molecule has 0 aliphatic rings. The number of hydrogen-bond donors (Lipinski definition) is 1. The first-order valence-corrected chi connectivity index (χ1v) is 7.10. The second-order valence-electron chi connectivity index (χ2n) is 5.02. The Hall–Kier alpha value is -2.03. The Balaban J connectivity index is 1.91. The van der Waals surface area contributed by atoms with Crippen LogP contribution in [0.3, 0.4) is 0 Å². The quantitative estimate of drug-likeness (QED) is 0.901. The molecule has 1 N–H and O–H groups in total. The minimum absolute atomic E-state index is 0.00356. The molecule has 0 aliphatic heterocycles. The molecule has 0 saturated carbocycles. The molecule has 23 heavy (non-hydrogen) atoms. The molecule has 0 saturated heterocycles. The maximum Gasteiger partial charge on any atom is 0.436 e. The maximum atomic E-state index is 12.7. The van der Waals surface area contributed by atoms with Gasteiger partial charge in [-0.05, 0) is 6.92 Å². The van der Waals surface area contributed by atoms with Gasteiger partial charge in [0.15, 0.2) is 5.69 Å². The number of alkyl halides is 3. The average molecular weight is 350 g/mol. The standard InChI is InChI=1S/C13H15ClF3N5O/c1-8-11(14)12(13(15,16)17)20-22(8)4-3-10(23)18-5-9-6-19-21(2)7-9/h6-7H,3-5H2,1-2H3,(H,18,23). The second kappa shape index (κ2) is 6.61. The van der Waals surface area contributed by atoms with Gasteiger partial charge in [-0.3, -0.25) is 14.2 Å². The first-order chi connectivity index (χ1) is 10.7. The molecule has 0 spiro atoms. The summed E-state index contributed by atoms with van der Waals surface area (Å²) in [4.78, 5) is 11.8. The van der Waals surface area contributed by atoms with Crippen molar-refractivity contribution < 1.29 is 18.0 Å². The summed E-state index contributed by atoms with van der Waals surface area (Å²) in [7, 11) is 1.76. The fraction of sp³-hybridized carbons (Fsp3) is 0.462. The molecule has 2 heterocycles. The fourth-order valence-corrected chi connectivity index (χ4v) is 2.23. The predicted molar refractivity (Wildman–Crippen MR) is 76.6 cm³/mol. The zero-order valence-electron chi connectivity index (χ0n) is 12.5. The van der Waals surface area contributed by atoms with Crippen molar-refractivity contribution in [3.63, 3.8) is 0 Å². The first-order valence-electron chi connectivity index (χ1n) is 6.73. The van der Waals surface area contributed by atoms with Gasteiger partial charge in [0.2, 0.25) is 5.91 Å². The summed E-state index contributed by atoms with van der Waals surface area (Å²) in [6.07, 6.45) is -1.24. The number of nitrogens with zero attached hydrogens (tertiary/aromatic N) is 4. The third-order valence-corrected chi connectivity index (χ3v) is 3.65. The lowest BCUT2D eigenvalue weighted by atomic mass is 10.3. The molecule has 0 fully saturated rings. The van der Waals surface area contributed by atoms with Crippen molar-refractivity contribution in [2.24, 2.45) is 7.05 Å². The van der Waals surface area contributed by atoms with Crippen LogP contribution in [0.2, 0.25) is 5.02 Å². The molecule has 2 aromatic heterocycles. The minimum atomic E-state index is -4.62. The summed E-state index contributed by atoms with van der Waals surface area (Å²) in [5.74, 6) is -0.298. The van der Waals surface area contributed by atoms with Gasteiger partial charge in [-0.15, -0.1) is 0 Å². The van der Waals surface area contributed by atoms with Crippen molar-refractivity contribution in [3.8, 4) is 0 Å². The third-order valence-electron chi connectivity index (χ3n) is 3.20. The van der Waals surface area contributed by atoms with Crippen LogP contribution >= 0.6 is 11.6 Å². The van der Waals surface area contributed by atoms with E-state index in [-0.39, 0.29) is 24.6 Å². The zero-order chi connectivity index (χ0) is 17.2. The van der Waals surface area contributed by atoms with Crippen LogP contribution in [0.15, 0.2) is 12.4 Å². The van der Waals surface area contributed by atoms with Crippen LogP contribution in [0, 0.1) is 6.92 Å². The number of halogens is 4. The topological polar surface area (TPSA) is 64.7 Å². The first kappa shape index (κ1) is 17.3. The van der Waals surface area contributed by atoms with Gasteiger partial charge in [-0.25, -0.2) is 0 Å². The second-order valence-corrected chi connectivity index (χ2v) is 5.40. The number of rotatable bonds is 5. The SMILES string of the molecule is Cc1c(Cl)c(C(F)(F)F)nn1CCC(=O)NCc1cnn(C)c1. The highest BCUT2D eigenvalue weighted by Crippen LogP contribution is 2.35. The average Bonchev–Trinajstić information content (AvgIpc) is 2.99. The monoisotopic (exact) mass is 349 g/mol. The number of carbonyl (C=O) groups excluding carboxylic acids is 1. The fourth-order valence-electron chi connectivity index (χ4n) is 1.98. The smallest absolute Gasteiger partial charge is 0.352 e. The largest absolute Gasteiger partial charge is 0.436 e. The number of hydrogen-bond acceptors (Lipinski definition) is 3. The number of aromatic nitrogens is 4. The third kappa shape index (κ3) is 4.25. The van der Waals surface area contributed by atoms with Crippen molar-refractivity contribution in [3.05, 3.63) is 34.4 Å². The van der Waals surface area contributed by atoms with Crippen LogP contribution in [0.5, 0.6) is 0 Å². The molecular formula is C13H15ClF3N5O. The van der Waals surface area contributed by atoms with Crippen molar-refractivity contribution >= 4 is 17.5 Å². The van der Waals surface area contributed by atoms with Gasteiger partial charge >= 0.3 is 6.18 Å². The van der Waals surface area contributed by atoms with Gasteiger partial charge < -0.3 is 5.32 Å². The van der Waals surface area contributed by atoms with Crippen molar-refractivity contribution in [2.45, 2.75) is 32.6 Å². The lowest BCUT2D eigenvalue weighted by Crippen LogP contribution is -2.24. The molecular weight excluding hydrogens is 335 g/mol. The summed E-state index contributed by atoms with van der Waals surface area (Å²) >= 11 is 5.64. The predicted octanol–water partition coefficient (Wildman–Crippen LogP) is 2.30. The van der Waals surface area contributed by atoms with Crippen LogP contribution in [-0.4, -0.2) is 25.5 Å². The van der Waals surface area contributed by atoms with Gasteiger partial charge in [0, 0.05) is 31.8 Å². The molecule has 6 nitrogen and oxygen atoms in total. The highest BCUT2D eigenvalue weighted by molar-refractivity contribution is 6.31. The lowest BCUT2D eigenvalue weighted by Gasteiger charge is -2.06. The van der Waals surface area contributed by atoms with E-state index in [2.05, 4.69) is 15.5 Å². The minimum Gasteiger partial charge on any atom is -0.352 e. The molecule has 0 unspecified atom stereocenters. The van der Waals surface area contributed by atoms with E-state index in [9.17, 15) is 18.0 Å². The van der Waals surface area contributed by atoms with E-state index in [1.54, 1.807) is 24.1 Å². The Morgan fingerprint density at radius 2 is 2.13 bits per heavy atom. The molecule has 0 aliphatic carbocycles. The number of nitrogens with one attached hydrogen (secondary N) is 1. The van der Waals surface area contributed by atoms with E-state index < -0.39 is 16.9 Å². The molecule has 0 atom stereocenters. The normalized spacial score (nSPS) is 11.7. The van der Waals surface area contributed by atoms with Crippen molar-refractivity contribution in [1.29, 1.82) is 0 Å². The van der Waals surface area contributed by atoms with Gasteiger partial charge in [0.1, 0.15) is 0 Å². The molecule has 2 rings (SSSR count).